The van der Waals surface area contributed by atoms with Crippen LogP contribution in [0, 0.1) is 5.82 Å². The van der Waals surface area contributed by atoms with E-state index in [1.54, 1.807) is 7.11 Å². The van der Waals surface area contributed by atoms with Gasteiger partial charge in [0.05, 0.1) is 0 Å². The summed E-state index contributed by atoms with van der Waals surface area (Å²) in [7, 11) is 3.62. The van der Waals surface area contributed by atoms with Gasteiger partial charge in [-0.15, -0.1) is 0 Å². The van der Waals surface area contributed by atoms with Crippen LogP contribution >= 0.6 is 0 Å². The highest BCUT2D eigenvalue weighted by Crippen LogP contribution is 2.18. The number of ether oxygens (including phenoxy) is 1. The summed E-state index contributed by atoms with van der Waals surface area (Å²) in [5, 5.41) is 3.22. The fourth-order valence-corrected chi connectivity index (χ4v) is 1.60. The minimum atomic E-state index is -0.189. The van der Waals surface area contributed by atoms with Crippen LogP contribution in [0.25, 0.3) is 0 Å². The summed E-state index contributed by atoms with van der Waals surface area (Å²) in [5.74, 6) is -0.189. The SMILES string of the molecule is CNC(CCCOC)c1ccc(F)cc1. The number of methoxy groups -OCH3 is 1. The summed E-state index contributed by atoms with van der Waals surface area (Å²) in [4.78, 5) is 0. The highest BCUT2D eigenvalue weighted by molar-refractivity contribution is 5.19. The molecule has 0 aromatic heterocycles. The second-order valence-corrected chi connectivity index (χ2v) is 3.53. The summed E-state index contributed by atoms with van der Waals surface area (Å²) in [5.41, 5.74) is 1.12. The van der Waals surface area contributed by atoms with Gasteiger partial charge in [0.25, 0.3) is 0 Å². The van der Waals surface area contributed by atoms with E-state index in [0.717, 1.165) is 25.0 Å². The Kier molecular flexibility index (Phi) is 5.29. The molecule has 0 aliphatic carbocycles. The summed E-state index contributed by atoms with van der Waals surface area (Å²) in [6.07, 6.45) is 2.00. The number of benzene rings is 1. The lowest BCUT2D eigenvalue weighted by Crippen LogP contribution is -2.16. The first-order valence-corrected chi connectivity index (χ1v) is 5.19. The molecule has 1 aromatic rings. The molecular formula is C12H18FNO. The molecule has 84 valence electrons. The van der Waals surface area contributed by atoms with E-state index in [4.69, 9.17) is 4.74 Å². The van der Waals surface area contributed by atoms with Crippen molar-refractivity contribution in [2.24, 2.45) is 0 Å². The maximum Gasteiger partial charge on any atom is 0.123 e. The molecule has 0 heterocycles. The van der Waals surface area contributed by atoms with Crippen molar-refractivity contribution >= 4 is 0 Å². The maximum absolute atomic E-state index is 12.7. The number of nitrogens with one attached hydrogen (secondary N) is 1. The van der Waals surface area contributed by atoms with Crippen LogP contribution in [0.2, 0.25) is 0 Å². The average molecular weight is 211 g/mol. The molecule has 1 rings (SSSR count). The minimum absolute atomic E-state index is 0.189. The predicted octanol–water partition coefficient (Wildman–Crippen LogP) is 2.51. The van der Waals surface area contributed by atoms with Crippen LogP contribution in [-0.4, -0.2) is 20.8 Å². The van der Waals surface area contributed by atoms with Crippen LogP contribution in [0.4, 0.5) is 4.39 Å². The van der Waals surface area contributed by atoms with E-state index in [9.17, 15) is 4.39 Å². The van der Waals surface area contributed by atoms with Gasteiger partial charge in [0, 0.05) is 19.8 Å². The average Bonchev–Trinajstić information content (AvgIpc) is 2.26. The van der Waals surface area contributed by atoms with Crippen molar-refractivity contribution in [3.63, 3.8) is 0 Å². The highest BCUT2D eigenvalue weighted by Gasteiger charge is 2.08. The number of hydrogen-bond donors (Lipinski definition) is 1. The third-order valence-electron chi connectivity index (χ3n) is 2.46. The van der Waals surface area contributed by atoms with Gasteiger partial charge in [0.15, 0.2) is 0 Å². The molecule has 0 saturated carbocycles. The molecule has 0 radical (unpaired) electrons. The molecule has 15 heavy (non-hydrogen) atoms. The Labute approximate surface area is 90.4 Å². The van der Waals surface area contributed by atoms with Gasteiger partial charge in [-0.3, -0.25) is 0 Å². The van der Waals surface area contributed by atoms with Gasteiger partial charge in [0.2, 0.25) is 0 Å². The van der Waals surface area contributed by atoms with Gasteiger partial charge in [0.1, 0.15) is 5.82 Å². The zero-order chi connectivity index (χ0) is 11.1. The van der Waals surface area contributed by atoms with Crippen LogP contribution in [0.15, 0.2) is 24.3 Å². The van der Waals surface area contributed by atoms with E-state index in [0.29, 0.717) is 0 Å². The fraction of sp³-hybridized carbons (Fsp3) is 0.500. The Bertz CT molecular complexity index is 273. The minimum Gasteiger partial charge on any atom is -0.385 e. The molecule has 0 aliphatic rings. The molecular weight excluding hydrogens is 193 g/mol. The quantitative estimate of drug-likeness (QED) is 0.730. The van der Waals surface area contributed by atoms with E-state index < -0.39 is 0 Å². The van der Waals surface area contributed by atoms with Gasteiger partial charge >= 0.3 is 0 Å². The van der Waals surface area contributed by atoms with Crippen molar-refractivity contribution < 1.29 is 9.13 Å². The van der Waals surface area contributed by atoms with Crippen LogP contribution in [0.1, 0.15) is 24.4 Å². The van der Waals surface area contributed by atoms with E-state index in [2.05, 4.69) is 5.32 Å². The molecule has 3 heteroatoms. The lowest BCUT2D eigenvalue weighted by Gasteiger charge is -2.16. The molecule has 0 amide bonds. The molecule has 1 N–H and O–H groups in total. The summed E-state index contributed by atoms with van der Waals surface area (Å²) < 4.78 is 17.7. The lowest BCUT2D eigenvalue weighted by molar-refractivity contribution is 0.189. The Morgan fingerprint density at radius 1 is 1.33 bits per heavy atom. The first-order valence-electron chi connectivity index (χ1n) is 5.19. The van der Waals surface area contributed by atoms with Crippen molar-refractivity contribution in [1.29, 1.82) is 0 Å². The molecule has 0 aliphatic heterocycles. The highest BCUT2D eigenvalue weighted by atomic mass is 19.1. The first-order chi connectivity index (χ1) is 7.27. The number of halogens is 1. The summed E-state index contributed by atoms with van der Waals surface area (Å²) in [6.45, 7) is 0.763. The van der Waals surface area contributed by atoms with E-state index in [1.165, 1.54) is 12.1 Å². The molecule has 0 bridgehead atoms. The second kappa shape index (κ2) is 6.53. The molecule has 1 unspecified atom stereocenters. The normalized spacial score (nSPS) is 12.7. The van der Waals surface area contributed by atoms with E-state index in [1.807, 2.05) is 19.2 Å². The molecule has 1 aromatic carbocycles. The van der Waals surface area contributed by atoms with Crippen molar-refractivity contribution in [3.05, 3.63) is 35.6 Å². The van der Waals surface area contributed by atoms with Crippen molar-refractivity contribution in [1.82, 2.24) is 5.32 Å². The molecule has 1 atom stereocenters. The molecule has 2 nitrogen and oxygen atoms in total. The Balaban J connectivity index is 2.53. The standard InChI is InChI=1S/C12H18FNO/c1-14-12(4-3-9-15-2)10-5-7-11(13)8-6-10/h5-8,12,14H,3-4,9H2,1-2H3. The molecule has 0 spiro atoms. The van der Waals surface area contributed by atoms with Gasteiger partial charge in [-0.25, -0.2) is 4.39 Å². The third-order valence-corrected chi connectivity index (χ3v) is 2.46. The second-order valence-electron chi connectivity index (χ2n) is 3.53. The van der Waals surface area contributed by atoms with Crippen LogP contribution in [0.5, 0.6) is 0 Å². The number of hydrogen-bond acceptors (Lipinski definition) is 2. The van der Waals surface area contributed by atoms with Crippen molar-refractivity contribution in [2.75, 3.05) is 20.8 Å². The third kappa shape index (κ3) is 3.98. The summed E-state index contributed by atoms with van der Waals surface area (Å²) in [6, 6.07) is 6.92. The topological polar surface area (TPSA) is 21.3 Å². The lowest BCUT2D eigenvalue weighted by atomic mass is 10.0. The van der Waals surface area contributed by atoms with Crippen molar-refractivity contribution in [2.45, 2.75) is 18.9 Å². The zero-order valence-corrected chi connectivity index (χ0v) is 9.29. The van der Waals surface area contributed by atoms with Gasteiger partial charge < -0.3 is 10.1 Å². The Morgan fingerprint density at radius 2 is 2.00 bits per heavy atom. The van der Waals surface area contributed by atoms with Crippen LogP contribution < -0.4 is 5.32 Å². The van der Waals surface area contributed by atoms with Gasteiger partial charge in [-0.1, -0.05) is 12.1 Å². The Morgan fingerprint density at radius 3 is 2.53 bits per heavy atom. The maximum atomic E-state index is 12.7. The molecule has 0 saturated heterocycles. The largest absolute Gasteiger partial charge is 0.385 e. The van der Waals surface area contributed by atoms with Gasteiger partial charge in [-0.2, -0.15) is 0 Å². The molecule has 0 fully saturated rings. The van der Waals surface area contributed by atoms with Gasteiger partial charge in [-0.05, 0) is 37.6 Å². The van der Waals surface area contributed by atoms with Crippen molar-refractivity contribution in [3.8, 4) is 0 Å². The fourth-order valence-electron chi connectivity index (χ4n) is 1.60. The monoisotopic (exact) mass is 211 g/mol. The van der Waals surface area contributed by atoms with Crippen LogP contribution in [0.3, 0.4) is 0 Å². The van der Waals surface area contributed by atoms with E-state index in [-0.39, 0.29) is 11.9 Å². The van der Waals surface area contributed by atoms with Crippen LogP contribution in [-0.2, 0) is 4.74 Å². The smallest absolute Gasteiger partial charge is 0.123 e. The first kappa shape index (κ1) is 12.1. The number of rotatable bonds is 6. The Hall–Kier alpha value is -0.930. The zero-order valence-electron chi connectivity index (χ0n) is 9.29. The predicted molar refractivity (Wildman–Crippen MR) is 59.3 cm³/mol. The summed E-state index contributed by atoms with van der Waals surface area (Å²) >= 11 is 0. The van der Waals surface area contributed by atoms with E-state index >= 15 is 0 Å².